The second-order valence-corrected chi connectivity index (χ2v) is 9.72. The number of sulfonamides is 1. The number of benzene rings is 3. The van der Waals surface area contributed by atoms with Crippen LogP contribution in [0.2, 0.25) is 0 Å². The van der Waals surface area contributed by atoms with E-state index in [2.05, 4.69) is 40.6 Å². The monoisotopic (exact) mass is 434 g/mol. The molecular weight excluding hydrogens is 408 g/mol. The summed E-state index contributed by atoms with van der Waals surface area (Å²) in [5, 5.41) is 20.9. The van der Waals surface area contributed by atoms with E-state index in [0.29, 0.717) is 0 Å². The lowest BCUT2D eigenvalue weighted by Gasteiger charge is -2.38. The molecule has 0 spiro atoms. The maximum Gasteiger partial charge on any atom is 0.238 e. The van der Waals surface area contributed by atoms with Crippen molar-refractivity contribution in [3.63, 3.8) is 0 Å². The molecule has 4 rings (SSSR count). The number of rotatable bonds is 6. The van der Waals surface area contributed by atoms with Crippen LogP contribution in [0.4, 0.5) is 5.69 Å². The topological polar surface area (TPSA) is 99.2 Å². The molecule has 1 fully saturated rings. The van der Waals surface area contributed by atoms with Crippen molar-refractivity contribution in [1.82, 2.24) is 4.90 Å². The van der Waals surface area contributed by atoms with E-state index in [-0.39, 0.29) is 4.90 Å². The first-order valence-corrected chi connectivity index (χ1v) is 11.9. The Morgan fingerprint density at radius 1 is 1.00 bits per heavy atom. The molecule has 0 saturated carbocycles. The molecule has 1 aliphatic rings. The smallest absolute Gasteiger partial charge is 0.238 e. The summed E-state index contributed by atoms with van der Waals surface area (Å²) in [6.45, 7) is 2.54. The van der Waals surface area contributed by atoms with Gasteiger partial charge in [-0.1, -0.05) is 42.5 Å². The lowest BCUT2D eigenvalue weighted by atomic mass is 9.88. The molecule has 6 nitrogen and oxygen atoms in total. The Balaban J connectivity index is 1.34. The molecule has 3 N–H and O–H groups in total. The predicted molar refractivity (Wildman–Crippen MR) is 123 cm³/mol. The van der Waals surface area contributed by atoms with Crippen LogP contribution in [0.5, 0.6) is 0 Å². The molecular formula is C24H26N4O2S. The van der Waals surface area contributed by atoms with Gasteiger partial charge >= 0.3 is 0 Å². The SMILES string of the molecule is N#CC1(Nc2ccc3ccccc3c2)CCN(CCc2ccc(S(N)(=O)=O)cc2)CC1. The summed E-state index contributed by atoms with van der Waals surface area (Å²) in [4.78, 5) is 2.48. The minimum atomic E-state index is -3.66. The minimum absolute atomic E-state index is 0.132. The van der Waals surface area contributed by atoms with E-state index < -0.39 is 15.6 Å². The number of fused-ring (bicyclic) bond motifs is 1. The summed E-state index contributed by atoms with van der Waals surface area (Å²) in [6.07, 6.45) is 2.32. The summed E-state index contributed by atoms with van der Waals surface area (Å²) < 4.78 is 22.7. The van der Waals surface area contributed by atoms with Gasteiger partial charge in [-0.15, -0.1) is 0 Å². The minimum Gasteiger partial charge on any atom is -0.367 e. The van der Waals surface area contributed by atoms with Gasteiger partial charge in [0.1, 0.15) is 5.54 Å². The van der Waals surface area contributed by atoms with Crippen molar-refractivity contribution in [2.24, 2.45) is 5.14 Å². The third-order valence-corrected chi connectivity index (χ3v) is 6.95. The highest BCUT2D eigenvalue weighted by Crippen LogP contribution is 2.28. The highest BCUT2D eigenvalue weighted by atomic mass is 32.2. The molecule has 0 amide bonds. The molecule has 0 radical (unpaired) electrons. The molecule has 0 aromatic heterocycles. The predicted octanol–water partition coefficient (Wildman–Crippen LogP) is 3.50. The van der Waals surface area contributed by atoms with Gasteiger partial charge in [-0.05, 0) is 59.9 Å². The largest absolute Gasteiger partial charge is 0.367 e. The lowest BCUT2D eigenvalue weighted by Crippen LogP contribution is -2.48. The highest BCUT2D eigenvalue weighted by Gasteiger charge is 2.34. The molecule has 1 saturated heterocycles. The molecule has 0 bridgehead atoms. The number of nitrogens with two attached hydrogens (primary N) is 1. The lowest BCUT2D eigenvalue weighted by molar-refractivity contribution is 0.199. The second kappa shape index (κ2) is 8.67. The van der Waals surface area contributed by atoms with Crippen LogP contribution in [0.3, 0.4) is 0 Å². The normalized spacial score (nSPS) is 16.6. The number of hydrogen-bond donors (Lipinski definition) is 2. The van der Waals surface area contributed by atoms with Gasteiger partial charge in [-0.2, -0.15) is 5.26 Å². The zero-order chi connectivity index (χ0) is 21.9. The molecule has 3 aromatic rings. The first-order chi connectivity index (χ1) is 14.9. The quantitative estimate of drug-likeness (QED) is 0.619. The molecule has 3 aromatic carbocycles. The number of piperidine rings is 1. The van der Waals surface area contributed by atoms with Crippen molar-refractivity contribution in [3.8, 4) is 6.07 Å². The summed E-state index contributed by atoms with van der Waals surface area (Å²) >= 11 is 0. The summed E-state index contributed by atoms with van der Waals surface area (Å²) in [7, 11) is -3.66. The maximum atomic E-state index is 11.4. The van der Waals surface area contributed by atoms with Crippen LogP contribution in [-0.4, -0.2) is 38.5 Å². The van der Waals surface area contributed by atoms with E-state index in [1.807, 2.05) is 30.3 Å². The number of anilines is 1. The number of nitrogens with one attached hydrogen (secondary N) is 1. The first-order valence-electron chi connectivity index (χ1n) is 10.4. The fraction of sp³-hybridized carbons (Fsp3) is 0.292. The van der Waals surface area contributed by atoms with Gasteiger partial charge in [0.15, 0.2) is 0 Å². The van der Waals surface area contributed by atoms with Crippen LogP contribution < -0.4 is 10.5 Å². The van der Waals surface area contributed by atoms with Gasteiger partial charge in [0.2, 0.25) is 10.0 Å². The summed E-state index contributed by atoms with van der Waals surface area (Å²) in [6, 6.07) is 23.7. The number of nitrogens with zero attached hydrogens (tertiary/aromatic N) is 2. The van der Waals surface area contributed by atoms with Crippen LogP contribution in [-0.2, 0) is 16.4 Å². The van der Waals surface area contributed by atoms with E-state index in [9.17, 15) is 13.7 Å². The summed E-state index contributed by atoms with van der Waals surface area (Å²) in [5.74, 6) is 0. The van der Waals surface area contributed by atoms with Crippen LogP contribution >= 0.6 is 0 Å². The van der Waals surface area contributed by atoms with Crippen molar-refractivity contribution < 1.29 is 8.42 Å². The third-order valence-electron chi connectivity index (χ3n) is 6.03. The number of likely N-dealkylation sites (tertiary alicyclic amines) is 1. The molecule has 1 heterocycles. The summed E-state index contributed by atoms with van der Waals surface area (Å²) in [5.41, 5.74) is 1.48. The van der Waals surface area contributed by atoms with E-state index in [0.717, 1.165) is 55.5 Å². The van der Waals surface area contributed by atoms with Crippen molar-refractivity contribution in [1.29, 1.82) is 5.26 Å². The Morgan fingerprint density at radius 2 is 1.68 bits per heavy atom. The van der Waals surface area contributed by atoms with Crippen molar-refractivity contribution >= 4 is 26.5 Å². The first kappa shape index (κ1) is 21.3. The highest BCUT2D eigenvalue weighted by molar-refractivity contribution is 7.89. The average molecular weight is 435 g/mol. The van der Waals surface area contributed by atoms with Crippen LogP contribution in [0.1, 0.15) is 18.4 Å². The van der Waals surface area contributed by atoms with E-state index >= 15 is 0 Å². The van der Waals surface area contributed by atoms with Crippen molar-refractivity contribution in [2.45, 2.75) is 29.7 Å². The van der Waals surface area contributed by atoms with Gasteiger partial charge in [0, 0.05) is 25.3 Å². The number of hydrogen-bond acceptors (Lipinski definition) is 5. The zero-order valence-corrected chi connectivity index (χ0v) is 18.1. The van der Waals surface area contributed by atoms with Gasteiger partial charge in [0.25, 0.3) is 0 Å². The van der Waals surface area contributed by atoms with Gasteiger partial charge in [-0.25, -0.2) is 13.6 Å². The molecule has 7 heteroatoms. The fourth-order valence-electron chi connectivity index (χ4n) is 4.10. The molecule has 0 unspecified atom stereocenters. The van der Waals surface area contributed by atoms with E-state index in [4.69, 9.17) is 5.14 Å². The molecule has 1 aliphatic heterocycles. The molecule has 0 aliphatic carbocycles. The molecule has 31 heavy (non-hydrogen) atoms. The van der Waals surface area contributed by atoms with Crippen LogP contribution in [0.15, 0.2) is 71.6 Å². The van der Waals surface area contributed by atoms with Crippen molar-refractivity contribution in [2.75, 3.05) is 25.0 Å². The van der Waals surface area contributed by atoms with E-state index in [1.54, 1.807) is 12.1 Å². The maximum absolute atomic E-state index is 11.4. The number of nitriles is 1. The second-order valence-electron chi connectivity index (χ2n) is 8.16. The Morgan fingerprint density at radius 3 is 2.32 bits per heavy atom. The van der Waals surface area contributed by atoms with Crippen molar-refractivity contribution in [3.05, 3.63) is 72.3 Å². The van der Waals surface area contributed by atoms with Gasteiger partial charge in [-0.3, -0.25) is 0 Å². The fourth-order valence-corrected chi connectivity index (χ4v) is 4.61. The van der Waals surface area contributed by atoms with Crippen LogP contribution in [0.25, 0.3) is 10.8 Å². The number of primary sulfonamides is 1. The molecule has 160 valence electrons. The van der Waals surface area contributed by atoms with Gasteiger partial charge < -0.3 is 10.2 Å². The Labute approximate surface area is 183 Å². The Hall–Kier alpha value is -2.92. The van der Waals surface area contributed by atoms with Crippen LogP contribution in [0, 0.1) is 11.3 Å². The Kier molecular flexibility index (Phi) is 5.96. The van der Waals surface area contributed by atoms with E-state index in [1.165, 1.54) is 5.39 Å². The average Bonchev–Trinajstić information content (AvgIpc) is 2.78. The molecule has 0 atom stereocenters. The standard InChI is InChI=1S/C24H26N4O2S/c25-18-24(27-22-8-7-20-3-1-2-4-21(20)17-22)12-15-28(16-13-24)14-11-19-5-9-23(10-6-19)31(26,29)30/h1-10,17,27H,11-16H2,(H2,26,29,30). The van der Waals surface area contributed by atoms with Gasteiger partial charge in [0.05, 0.1) is 11.0 Å². The third kappa shape index (κ3) is 5.05. The zero-order valence-electron chi connectivity index (χ0n) is 17.3. The Bertz CT molecular complexity index is 1210.